The van der Waals surface area contributed by atoms with Gasteiger partial charge in [-0.2, -0.15) is 0 Å². The minimum Gasteiger partial charge on any atom is -0.306 e. The van der Waals surface area contributed by atoms with Gasteiger partial charge in [-0.25, -0.2) is 9.97 Å². The molecule has 0 N–H and O–H groups in total. The second-order valence-electron chi connectivity index (χ2n) is 5.74. The molecule has 0 radical (unpaired) electrons. The summed E-state index contributed by atoms with van der Waals surface area (Å²) in [6.07, 6.45) is 5.40. The van der Waals surface area contributed by atoms with Crippen LogP contribution in [0.5, 0.6) is 0 Å². The van der Waals surface area contributed by atoms with E-state index in [1.54, 1.807) is 0 Å². The average molecular weight is 374 g/mol. The predicted molar refractivity (Wildman–Crippen MR) is 101 cm³/mol. The minimum atomic E-state index is 0.663. The van der Waals surface area contributed by atoms with Crippen LogP contribution in [-0.2, 0) is 6.42 Å². The van der Waals surface area contributed by atoms with Crippen LogP contribution in [0.2, 0.25) is 0 Å². The third-order valence-corrected chi connectivity index (χ3v) is 4.28. The highest BCUT2D eigenvalue weighted by molar-refractivity contribution is 9.10. The molecule has 1 heterocycles. The number of rotatable bonds is 7. The maximum Gasteiger partial charge on any atom is 0.230 e. The molecule has 0 saturated carbocycles. The van der Waals surface area contributed by atoms with Gasteiger partial charge in [0.2, 0.25) is 5.95 Å². The largest absolute Gasteiger partial charge is 0.306 e. The number of unbranched alkanes of at least 4 members (excludes halogenated alkanes) is 1. The normalized spacial score (nSPS) is 10.6. The number of benzene rings is 1. The maximum absolute atomic E-state index is 4.59. The summed E-state index contributed by atoms with van der Waals surface area (Å²) in [7, 11) is 0. The number of anilines is 2. The number of nitrogens with zero attached hydrogens (tertiary/aromatic N) is 3. The van der Waals surface area contributed by atoms with Crippen LogP contribution in [0.4, 0.5) is 11.6 Å². The Hall–Kier alpha value is -1.68. The molecular formula is C19H24BrN3. The van der Waals surface area contributed by atoms with E-state index in [0.29, 0.717) is 12.5 Å². The summed E-state index contributed by atoms with van der Waals surface area (Å²) in [6.45, 7) is 10.7. The van der Waals surface area contributed by atoms with Gasteiger partial charge in [0.05, 0.1) is 5.69 Å². The van der Waals surface area contributed by atoms with Crippen LogP contribution in [-0.4, -0.2) is 16.5 Å². The summed E-state index contributed by atoms with van der Waals surface area (Å²) in [5, 5.41) is 0. The quantitative estimate of drug-likeness (QED) is 0.598. The summed E-state index contributed by atoms with van der Waals surface area (Å²) in [6, 6.07) is 8.51. The van der Waals surface area contributed by atoms with Gasteiger partial charge < -0.3 is 4.90 Å². The Bertz CT molecular complexity index is 662. The molecule has 0 saturated heterocycles. The van der Waals surface area contributed by atoms with Gasteiger partial charge in [0.15, 0.2) is 0 Å². The van der Waals surface area contributed by atoms with Crippen LogP contribution >= 0.6 is 15.9 Å². The summed E-state index contributed by atoms with van der Waals surface area (Å²) < 4.78 is 1.07. The maximum atomic E-state index is 4.59. The van der Waals surface area contributed by atoms with Crippen LogP contribution in [0.25, 0.3) is 0 Å². The van der Waals surface area contributed by atoms with Crippen LogP contribution < -0.4 is 4.90 Å². The van der Waals surface area contributed by atoms with E-state index in [1.165, 1.54) is 18.4 Å². The highest BCUT2D eigenvalue weighted by atomic mass is 79.9. The topological polar surface area (TPSA) is 29.0 Å². The fourth-order valence-corrected chi connectivity index (χ4v) is 3.19. The highest BCUT2D eigenvalue weighted by Gasteiger charge is 2.15. The molecule has 1 aromatic heterocycles. The SMILES string of the molecule is C=CCN(c1nc(C)cc(C)n1)c1ccc(CCCC)cc1Br. The lowest BCUT2D eigenvalue weighted by atomic mass is 10.1. The van der Waals surface area contributed by atoms with E-state index in [1.807, 2.05) is 26.0 Å². The molecule has 2 aromatic rings. The fraction of sp³-hybridized carbons (Fsp3) is 0.368. The molecule has 0 aliphatic carbocycles. The monoisotopic (exact) mass is 373 g/mol. The molecule has 23 heavy (non-hydrogen) atoms. The van der Waals surface area contributed by atoms with Crippen molar-refractivity contribution in [1.29, 1.82) is 0 Å². The van der Waals surface area contributed by atoms with Crippen molar-refractivity contribution in [3.8, 4) is 0 Å². The fourth-order valence-electron chi connectivity index (χ4n) is 2.55. The Morgan fingerprint density at radius 3 is 2.43 bits per heavy atom. The zero-order valence-electron chi connectivity index (χ0n) is 14.1. The standard InChI is InChI=1S/C19H24BrN3/c1-5-7-8-16-9-10-18(17(20)13-16)23(11-6-2)19-21-14(3)12-15(4)22-19/h6,9-10,12-13H,2,5,7-8,11H2,1,3-4H3. The van der Waals surface area contributed by atoms with Crippen LogP contribution in [0.1, 0.15) is 36.7 Å². The van der Waals surface area contributed by atoms with E-state index in [9.17, 15) is 0 Å². The molecule has 3 nitrogen and oxygen atoms in total. The minimum absolute atomic E-state index is 0.663. The van der Waals surface area contributed by atoms with E-state index in [4.69, 9.17) is 0 Å². The van der Waals surface area contributed by atoms with E-state index in [0.717, 1.165) is 28.0 Å². The average Bonchev–Trinajstić information content (AvgIpc) is 2.50. The van der Waals surface area contributed by atoms with E-state index < -0.39 is 0 Å². The van der Waals surface area contributed by atoms with Gasteiger partial charge in [-0.15, -0.1) is 6.58 Å². The molecule has 0 spiro atoms. The molecule has 0 aliphatic heterocycles. The molecule has 0 aliphatic rings. The lowest BCUT2D eigenvalue weighted by Gasteiger charge is -2.23. The number of hydrogen-bond donors (Lipinski definition) is 0. The van der Waals surface area contributed by atoms with Crippen LogP contribution in [0, 0.1) is 13.8 Å². The molecule has 1 aromatic carbocycles. The zero-order valence-corrected chi connectivity index (χ0v) is 15.7. The first-order chi connectivity index (χ1) is 11.0. The van der Waals surface area contributed by atoms with Gasteiger partial charge in [-0.1, -0.05) is 25.5 Å². The first-order valence-corrected chi connectivity index (χ1v) is 8.83. The van der Waals surface area contributed by atoms with E-state index >= 15 is 0 Å². The van der Waals surface area contributed by atoms with Gasteiger partial charge >= 0.3 is 0 Å². The van der Waals surface area contributed by atoms with Gasteiger partial charge in [0, 0.05) is 22.4 Å². The molecule has 122 valence electrons. The Labute approximate surface area is 147 Å². The molecule has 2 rings (SSSR count). The lowest BCUT2D eigenvalue weighted by Crippen LogP contribution is -2.20. The van der Waals surface area contributed by atoms with Crippen molar-refractivity contribution in [3.05, 3.63) is 58.3 Å². The van der Waals surface area contributed by atoms with Gasteiger partial charge in [-0.3, -0.25) is 0 Å². The predicted octanol–water partition coefficient (Wildman–Crippen LogP) is 5.52. The number of aryl methyl sites for hydroxylation is 3. The molecular weight excluding hydrogens is 350 g/mol. The van der Waals surface area contributed by atoms with Crippen molar-refractivity contribution in [1.82, 2.24) is 9.97 Å². The zero-order chi connectivity index (χ0) is 16.8. The molecule has 0 fully saturated rings. The second kappa shape index (κ2) is 8.25. The summed E-state index contributed by atoms with van der Waals surface area (Å²) in [4.78, 5) is 11.3. The van der Waals surface area contributed by atoms with Crippen molar-refractivity contribution in [2.75, 3.05) is 11.4 Å². The number of hydrogen-bond acceptors (Lipinski definition) is 3. The molecule has 0 bridgehead atoms. The van der Waals surface area contributed by atoms with Crippen molar-refractivity contribution >= 4 is 27.6 Å². The smallest absolute Gasteiger partial charge is 0.230 e. The van der Waals surface area contributed by atoms with Crippen molar-refractivity contribution in [3.63, 3.8) is 0 Å². The van der Waals surface area contributed by atoms with Gasteiger partial charge in [-0.05, 0) is 66.4 Å². The molecule has 0 atom stereocenters. The third kappa shape index (κ3) is 4.64. The molecule has 4 heteroatoms. The summed E-state index contributed by atoms with van der Waals surface area (Å²) in [5.41, 5.74) is 4.35. The lowest BCUT2D eigenvalue weighted by molar-refractivity contribution is 0.794. The highest BCUT2D eigenvalue weighted by Crippen LogP contribution is 2.32. The van der Waals surface area contributed by atoms with E-state index in [-0.39, 0.29) is 0 Å². The van der Waals surface area contributed by atoms with Crippen molar-refractivity contribution in [2.24, 2.45) is 0 Å². The van der Waals surface area contributed by atoms with Gasteiger partial charge in [0.1, 0.15) is 0 Å². The Balaban J connectivity index is 2.39. The Morgan fingerprint density at radius 1 is 1.17 bits per heavy atom. The first-order valence-electron chi connectivity index (χ1n) is 8.04. The van der Waals surface area contributed by atoms with Gasteiger partial charge in [0.25, 0.3) is 0 Å². The van der Waals surface area contributed by atoms with Crippen molar-refractivity contribution < 1.29 is 0 Å². The third-order valence-electron chi connectivity index (χ3n) is 3.65. The number of halogens is 1. The summed E-state index contributed by atoms with van der Waals surface area (Å²) in [5.74, 6) is 0.712. The Morgan fingerprint density at radius 2 is 1.87 bits per heavy atom. The summed E-state index contributed by atoms with van der Waals surface area (Å²) >= 11 is 3.71. The van der Waals surface area contributed by atoms with Crippen molar-refractivity contribution in [2.45, 2.75) is 40.0 Å². The van der Waals surface area contributed by atoms with Crippen LogP contribution in [0.3, 0.4) is 0 Å². The second-order valence-corrected chi connectivity index (χ2v) is 6.59. The number of aromatic nitrogens is 2. The van der Waals surface area contributed by atoms with Crippen LogP contribution in [0.15, 0.2) is 41.4 Å². The molecule has 0 amide bonds. The Kier molecular flexibility index (Phi) is 6.34. The molecule has 0 unspecified atom stereocenters. The first kappa shape index (κ1) is 17.7. The van der Waals surface area contributed by atoms with E-state index in [2.05, 4.69) is 62.5 Å².